The Labute approximate surface area is 120 Å². The van der Waals surface area contributed by atoms with Crippen molar-refractivity contribution in [2.24, 2.45) is 5.92 Å². The summed E-state index contributed by atoms with van der Waals surface area (Å²) >= 11 is 0. The molecule has 2 aliphatic carbocycles. The molecule has 0 spiro atoms. The molecule has 20 heavy (non-hydrogen) atoms. The topological polar surface area (TPSA) is 80.7 Å². The molecule has 0 aliphatic heterocycles. The van der Waals surface area contributed by atoms with Crippen LogP contribution in [0.25, 0.3) is 0 Å². The van der Waals surface area contributed by atoms with E-state index in [9.17, 15) is 13.2 Å². The van der Waals surface area contributed by atoms with Crippen LogP contribution in [0.4, 0.5) is 0 Å². The van der Waals surface area contributed by atoms with Crippen molar-refractivity contribution in [1.82, 2.24) is 0 Å². The van der Waals surface area contributed by atoms with Gasteiger partial charge in [0.25, 0.3) is 10.1 Å². The minimum atomic E-state index is -4.14. The van der Waals surface area contributed by atoms with E-state index in [2.05, 4.69) is 0 Å². The molecule has 0 radical (unpaired) electrons. The van der Waals surface area contributed by atoms with E-state index in [1.54, 1.807) is 0 Å². The fraction of sp³-hybridized carbons (Fsp3) is 0.929. The number of ether oxygens (including phenoxy) is 1. The number of rotatable bonds is 4. The Morgan fingerprint density at radius 3 is 2.15 bits per heavy atom. The molecule has 2 fully saturated rings. The highest BCUT2D eigenvalue weighted by Crippen LogP contribution is 2.35. The Hall–Kier alpha value is -0.620. The van der Waals surface area contributed by atoms with E-state index in [0.717, 1.165) is 51.4 Å². The first-order valence-electron chi connectivity index (χ1n) is 7.58. The summed E-state index contributed by atoms with van der Waals surface area (Å²) in [6, 6.07) is 0. The Bertz CT molecular complexity index is 430. The normalized spacial score (nSPS) is 24.2. The molecule has 0 aromatic heterocycles. The first-order valence-corrected chi connectivity index (χ1v) is 9.19. The van der Waals surface area contributed by atoms with Crippen LogP contribution in [-0.2, 0) is 19.6 Å². The summed E-state index contributed by atoms with van der Waals surface area (Å²) in [7, 11) is -4.14. The van der Waals surface area contributed by atoms with Crippen molar-refractivity contribution < 1.29 is 22.5 Å². The maximum atomic E-state index is 12.3. The predicted molar refractivity (Wildman–Crippen MR) is 74.9 cm³/mol. The van der Waals surface area contributed by atoms with Gasteiger partial charge in [0.05, 0.1) is 5.92 Å². The van der Waals surface area contributed by atoms with Gasteiger partial charge < -0.3 is 4.74 Å². The van der Waals surface area contributed by atoms with Crippen LogP contribution in [0, 0.1) is 5.92 Å². The third-order valence-electron chi connectivity index (χ3n) is 4.47. The van der Waals surface area contributed by atoms with Crippen LogP contribution >= 0.6 is 0 Å². The van der Waals surface area contributed by atoms with E-state index < -0.39 is 21.5 Å². The van der Waals surface area contributed by atoms with Gasteiger partial charge in [0.2, 0.25) is 0 Å². The summed E-state index contributed by atoms with van der Waals surface area (Å²) in [5, 5.41) is 0. The van der Waals surface area contributed by atoms with Gasteiger partial charge in [-0.1, -0.05) is 25.7 Å². The molecule has 2 aliphatic rings. The molecular formula is C14H24O5S. The van der Waals surface area contributed by atoms with Gasteiger partial charge in [-0.15, -0.1) is 0 Å². The number of carbonyl (C=O) groups is 1. The SMILES string of the molecule is O=C(OC1(CS(=O)(=O)O)CCCCC1)C1CCCCC1. The van der Waals surface area contributed by atoms with E-state index in [0.29, 0.717) is 12.8 Å². The van der Waals surface area contributed by atoms with Crippen molar-refractivity contribution in [1.29, 1.82) is 0 Å². The van der Waals surface area contributed by atoms with Crippen LogP contribution in [0.15, 0.2) is 0 Å². The second kappa shape index (κ2) is 6.43. The lowest BCUT2D eigenvalue weighted by Gasteiger charge is -2.37. The zero-order valence-corrected chi connectivity index (χ0v) is 12.7. The Morgan fingerprint density at radius 2 is 1.60 bits per heavy atom. The van der Waals surface area contributed by atoms with Gasteiger partial charge in [0.15, 0.2) is 0 Å². The third-order valence-corrected chi connectivity index (χ3v) is 5.36. The number of hydrogen-bond acceptors (Lipinski definition) is 4. The quantitative estimate of drug-likeness (QED) is 0.638. The molecule has 0 amide bonds. The molecule has 0 heterocycles. The van der Waals surface area contributed by atoms with E-state index >= 15 is 0 Å². The van der Waals surface area contributed by atoms with Crippen molar-refractivity contribution in [2.45, 2.75) is 69.8 Å². The highest BCUT2D eigenvalue weighted by atomic mass is 32.2. The number of carbonyl (C=O) groups excluding carboxylic acids is 1. The number of esters is 1. The summed E-state index contributed by atoms with van der Waals surface area (Å²) in [4.78, 5) is 12.3. The largest absolute Gasteiger partial charge is 0.458 e. The average Bonchev–Trinajstić information content (AvgIpc) is 2.38. The summed E-state index contributed by atoms with van der Waals surface area (Å²) in [5.74, 6) is -0.822. The molecule has 2 rings (SSSR count). The molecule has 0 aromatic rings. The van der Waals surface area contributed by atoms with Gasteiger partial charge >= 0.3 is 5.97 Å². The summed E-state index contributed by atoms with van der Waals surface area (Å²) in [6.45, 7) is 0. The molecule has 1 N–H and O–H groups in total. The lowest BCUT2D eigenvalue weighted by molar-refractivity contribution is -0.167. The second-order valence-electron chi connectivity index (χ2n) is 6.23. The van der Waals surface area contributed by atoms with Crippen molar-refractivity contribution in [3.8, 4) is 0 Å². The predicted octanol–water partition coefficient (Wildman–Crippen LogP) is 2.70. The lowest BCUT2D eigenvalue weighted by atomic mass is 9.85. The fourth-order valence-corrected chi connectivity index (χ4v) is 4.45. The highest BCUT2D eigenvalue weighted by molar-refractivity contribution is 7.85. The molecular weight excluding hydrogens is 280 g/mol. The zero-order chi connectivity index (χ0) is 14.6. The van der Waals surface area contributed by atoms with Crippen molar-refractivity contribution in [3.05, 3.63) is 0 Å². The van der Waals surface area contributed by atoms with Gasteiger partial charge in [0.1, 0.15) is 11.4 Å². The minimum absolute atomic E-state index is 0.0936. The molecule has 0 saturated heterocycles. The Kier molecular flexibility index (Phi) is 5.07. The van der Waals surface area contributed by atoms with Gasteiger partial charge in [0, 0.05) is 0 Å². The maximum absolute atomic E-state index is 12.3. The molecule has 0 atom stereocenters. The van der Waals surface area contributed by atoms with E-state index in [4.69, 9.17) is 9.29 Å². The number of hydrogen-bond donors (Lipinski definition) is 1. The molecule has 2 saturated carbocycles. The fourth-order valence-electron chi connectivity index (χ4n) is 3.44. The highest BCUT2D eigenvalue weighted by Gasteiger charge is 2.41. The third kappa shape index (κ3) is 4.45. The zero-order valence-electron chi connectivity index (χ0n) is 11.8. The van der Waals surface area contributed by atoms with Crippen molar-refractivity contribution in [3.63, 3.8) is 0 Å². The minimum Gasteiger partial charge on any atom is -0.458 e. The van der Waals surface area contributed by atoms with Crippen molar-refractivity contribution in [2.75, 3.05) is 5.75 Å². The standard InChI is InChI=1S/C14H24O5S/c15-13(12-7-3-1-4-8-12)19-14(11-20(16,17)18)9-5-2-6-10-14/h12H,1-11H2,(H,16,17,18). The van der Waals surface area contributed by atoms with Crippen LogP contribution in [0.5, 0.6) is 0 Å². The van der Waals surface area contributed by atoms with Crippen LogP contribution in [0.3, 0.4) is 0 Å². The lowest BCUT2D eigenvalue weighted by Crippen LogP contribution is -2.45. The first kappa shape index (κ1) is 15.8. The summed E-state index contributed by atoms with van der Waals surface area (Å²) < 4.78 is 37.2. The van der Waals surface area contributed by atoms with Crippen LogP contribution in [0.2, 0.25) is 0 Å². The molecule has 0 unspecified atom stereocenters. The van der Waals surface area contributed by atoms with Crippen LogP contribution < -0.4 is 0 Å². The van der Waals surface area contributed by atoms with Gasteiger partial charge in [-0.3, -0.25) is 9.35 Å². The smallest absolute Gasteiger partial charge is 0.309 e. The molecule has 116 valence electrons. The molecule has 5 nitrogen and oxygen atoms in total. The van der Waals surface area contributed by atoms with Gasteiger partial charge in [-0.25, -0.2) is 0 Å². The average molecular weight is 304 g/mol. The van der Waals surface area contributed by atoms with Crippen LogP contribution in [0.1, 0.15) is 64.2 Å². The van der Waals surface area contributed by atoms with E-state index in [1.165, 1.54) is 0 Å². The monoisotopic (exact) mass is 304 g/mol. The maximum Gasteiger partial charge on any atom is 0.309 e. The second-order valence-corrected chi connectivity index (χ2v) is 7.68. The summed E-state index contributed by atoms with van der Waals surface area (Å²) in [6.07, 6.45) is 8.66. The Morgan fingerprint density at radius 1 is 1.05 bits per heavy atom. The van der Waals surface area contributed by atoms with Crippen molar-refractivity contribution >= 4 is 16.1 Å². The van der Waals surface area contributed by atoms with Crippen LogP contribution in [-0.4, -0.2) is 30.3 Å². The first-order chi connectivity index (χ1) is 9.40. The molecule has 6 heteroatoms. The van der Waals surface area contributed by atoms with Gasteiger partial charge in [-0.2, -0.15) is 8.42 Å². The van der Waals surface area contributed by atoms with E-state index in [-0.39, 0.29) is 11.9 Å². The van der Waals surface area contributed by atoms with Gasteiger partial charge in [-0.05, 0) is 38.5 Å². The molecule has 0 bridgehead atoms. The Balaban J connectivity index is 2.04. The van der Waals surface area contributed by atoms with E-state index in [1.807, 2.05) is 0 Å². The molecule has 0 aromatic carbocycles. The summed E-state index contributed by atoms with van der Waals surface area (Å²) in [5.41, 5.74) is -1.000.